The van der Waals surface area contributed by atoms with Crippen molar-refractivity contribution in [1.82, 2.24) is 0 Å². The first kappa shape index (κ1) is 13.0. The molecule has 0 saturated carbocycles. The molecule has 0 aromatic carbocycles. The lowest BCUT2D eigenvalue weighted by Crippen LogP contribution is -1.83. The van der Waals surface area contributed by atoms with E-state index in [1.54, 1.807) is 0 Å². The Kier molecular flexibility index (Phi) is 6.82. The average molecular weight is 190 g/mol. The number of allylic oxidation sites excluding steroid dienone is 6. The Morgan fingerprint density at radius 1 is 1.29 bits per heavy atom. The third kappa shape index (κ3) is 5.58. The molecule has 0 saturated heterocycles. The van der Waals surface area contributed by atoms with E-state index >= 15 is 0 Å². The third-order valence-corrected chi connectivity index (χ3v) is 2.12. The summed E-state index contributed by atoms with van der Waals surface area (Å²) in [6, 6.07) is 0. The van der Waals surface area contributed by atoms with Crippen molar-refractivity contribution in [3.63, 3.8) is 0 Å². The number of unbranched alkanes of at least 4 members (excludes halogenated alkanes) is 1. The molecule has 0 aromatic heterocycles. The minimum atomic E-state index is 1.10. The Labute approximate surface area is 88.7 Å². The first-order chi connectivity index (χ1) is 6.61. The van der Waals surface area contributed by atoms with Crippen molar-refractivity contribution in [1.29, 1.82) is 0 Å². The van der Waals surface area contributed by atoms with Gasteiger partial charge in [0.05, 0.1) is 0 Å². The van der Waals surface area contributed by atoms with Crippen molar-refractivity contribution < 1.29 is 0 Å². The summed E-state index contributed by atoms with van der Waals surface area (Å²) in [5, 5.41) is 0. The zero-order valence-electron chi connectivity index (χ0n) is 9.77. The molecular formula is C14H22. The van der Waals surface area contributed by atoms with Gasteiger partial charge in [0.25, 0.3) is 0 Å². The predicted molar refractivity (Wildman–Crippen MR) is 66.4 cm³/mol. The zero-order valence-corrected chi connectivity index (χ0v) is 9.77. The zero-order chi connectivity index (χ0) is 11.0. The fraction of sp³-hybridized carbons (Fsp3) is 0.429. The van der Waals surface area contributed by atoms with Gasteiger partial charge in [-0.3, -0.25) is 0 Å². The molecule has 0 aromatic rings. The standard InChI is InChI=1S/C14H22/c1-6-8-10-13(5)11-14(9-7-2)12(3)4/h7,9,11H,2-3,6,8,10H2,1,4-5H3. The van der Waals surface area contributed by atoms with Crippen LogP contribution in [0.2, 0.25) is 0 Å². The van der Waals surface area contributed by atoms with Crippen LogP contribution in [0, 0.1) is 0 Å². The molecule has 0 aliphatic rings. The van der Waals surface area contributed by atoms with Crippen molar-refractivity contribution in [3.8, 4) is 0 Å². The van der Waals surface area contributed by atoms with Crippen LogP contribution in [0.1, 0.15) is 40.0 Å². The Morgan fingerprint density at radius 2 is 1.93 bits per heavy atom. The van der Waals surface area contributed by atoms with Gasteiger partial charge in [-0.05, 0) is 32.3 Å². The summed E-state index contributed by atoms with van der Waals surface area (Å²) in [7, 11) is 0. The largest absolute Gasteiger partial charge is 0.0990 e. The van der Waals surface area contributed by atoms with Gasteiger partial charge in [0.1, 0.15) is 0 Å². The highest BCUT2D eigenvalue weighted by Gasteiger charge is 1.94. The molecule has 0 nitrogen and oxygen atoms in total. The molecule has 0 N–H and O–H groups in total. The monoisotopic (exact) mass is 190 g/mol. The van der Waals surface area contributed by atoms with Crippen molar-refractivity contribution in [2.24, 2.45) is 0 Å². The van der Waals surface area contributed by atoms with E-state index in [4.69, 9.17) is 0 Å². The smallest absolute Gasteiger partial charge is 0.0234 e. The second-order valence-electron chi connectivity index (χ2n) is 3.73. The highest BCUT2D eigenvalue weighted by molar-refractivity contribution is 5.40. The maximum absolute atomic E-state index is 3.95. The van der Waals surface area contributed by atoms with Crippen molar-refractivity contribution >= 4 is 0 Å². The van der Waals surface area contributed by atoms with E-state index in [-0.39, 0.29) is 0 Å². The van der Waals surface area contributed by atoms with Gasteiger partial charge in [-0.15, -0.1) is 0 Å². The molecule has 0 aliphatic heterocycles. The molecule has 0 fully saturated rings. The van der Waals surface area contributed by atoms with Crippen LogP contribution in [-0.2, 0) is 0 Å². The molecule has 0 aliphatic carbocycles. The topological polar surface area (TPSA) is 0 Å². The van der Waals surface area contributed by atoms with Gasteiger partial charge in [-0.1, -0.05) is 55.9 Å². The molecule has 0 bridgehead atoms. The summed E-state index contributed by atoms with van der Waals surface area (Å²) in [4.78, 5) is 0. The lowest BCUT2D eigenvalue weighted by molar-refractivity contribution is 0.787. The van der Waals surface area contributed by atoms with Gasteiger partial charge >= 0.3 is 0 Å². The summed E-state index contributed by atoms with van der Waals surface area (Å²) in [5.74, 6) is 0. The predicted octanol–water partition coefficient (Wildman–Crippen LogP) is 4.81. The van der Waals surface area contributed by atoms with Crippen LogP contribution in [-0.4, -0.2) is 0 Å². The Bertz CT molecular complexity index is 251. The number of rotatable bonds is 6. The summed E-state index contributed by atoms with van der Waals surface area (Å²) in [5.41, 5.74) is 3.71. The van der Waals surface area contributed by atoms with Crippen LogP contribution in [0.4, 0.5) is 0 Å². The van der Waals surface area contributed by atoms with E-state index in [1.807, 2.05) is 19.1 Å². The molecular weight excluding hydrogens is 168 g/mol. The Morgan fingerprint density at radius 3 is 2.36 bits per heavy atom. The van der Waals surface area contributed by atoms with Gasteiger partial charge in [0, 0.05) is 0 Å². The van der Waals surface area contributed by atoms with E-state index in [9.17, 15) is 0 Å². The Balaban J connectivity index is 4.48. The van der Waals surface area contributed by atoms with Gasteiger partial charge in [0.15, 0.2) is 0 Å². The molecule has 0 amide bonds. The minimum Gasteiger partial charge on any atom is -0.0990 e. The summed E-state index contributed by atoms with van der Waals surface area (Å²) in [6.45, 7) is 14.1. The molecule has 0 heterocycles. The number of hydrogen-bond acceptors (Lipinski definition) is 0. The van der Waals surface area contributed by atoms with E-state index in [0.717, 1.165) is 5.57 Å². The maximum atomic E-state index is 3.95. The second kappa shape index (κ2) is 7.37. The van der Waals surface area contributed by atoms with E-state index in [2.05, 4.69) is 33.1 Å². The van der Waals surface area contributed by atoms with Crippen LogP contribution >= 0.6 is 0 Å². The molecule has 0 rings (SSSR count). The minimum absolute atomic E-state index is 1.10. The lowest BCUT2D eigenvalue weighted by atomic mass is 10.0. The highest BCUT2D eigenvalue weighted by Crippen LogP contribution is 2.14. The van der Waals surface area contributed by atoms with E-state index in [0.29, 0.717) is 0 Å². The molecule has 0 unspecified atom stereocenters. The van der Waals surface area contributed by atoms with E-state index in [1.165, 1.54) is 30.4 Å². The van der Waals surface area contributed by atoms with Gasteiger partial charge < -0.3 is 0 Å². The van der Waals surface area contributed by atoms with Crippen molar-refractivity contribution in [2.45, 2.75) is 40.0 Å². The quantitative estimate of drug-likeness (QED) is 0.527. The normalized spacial score (nSPS) is 12.8. The molecule has 14 heavy (non-hydrogen) atoms. The van der Waals surface area contributed by atoms with Crippen LogP contribution in [0.5, 0.6) is 0 Å². The van der Waals surface area contributed by atoms with Crippen molar-refractivity contribution in [2.75, 3.05) is 0 Å². The Hall–Kier alpha value is -1.04. The summed E-state index contributed by atoms with van der Waals surface area (Å²) < 4.78 is 0. The number of hydrogen-bond donors (Lipinski definition) is 0. The molecule has 78 valence electrons. The second-order valence-corrected chi connectivity index (χ2v) is 3.73. The maximum Gasteiger partial charge on any atom is -0.0234 e. The molecule has 0 spiro atoms. The lowest BCUT2D eigenvalue weighted by Gasteiger charge is -2.03. The fourth-order valence-corrected chi connectivity index (χ4v) is 1.23. The van der Waals surface area contributed by atoms with Gasteiger partial charge in [-0.2, -0.15) is 0 Å². The van der Waals surface area contributed by atoms with Crippen LogP contribution in [0.25, 0.3) is 0 Å². The SMILES string of the molecule is C=CC=C(C=C(C)CCCC)C(=C)C. The highest BCUT2D eigenvalue weighted by atomic mass is 14.0. The molecule has 0 radical (unpaired) electrons. The van der Waals surface area contributed by atoms with Crippen LogP contribution in [0.15, 0.2) is 48.1 Å². The molecule has 0 heteroatoms. The first-order valence-corrected chi connectivity index (χ1v) is 5.27. The molecule has 0 atom stereocenters. The van der Waals surface area contributed by atoms with Gasteiger partial charge in [-0.25, -0.2) is 0 Å². The van der Waals surface area contributed by atoms with Gasteiger partial charge in [0.2, 0.25) is 0 Å². The van der Waals surface area contributed by atoms with Crippen LogP contribution in [0.3, 0.4) is 0 Å². The summed E-state index contributed by atoms with van der Waals surface area (Å²) in [6.07, 6.45) is 9.72. The summed E-state index contributed by atoms with van der Waals surface area (Å²) >= 11 is 0. The first-order valence-electron chi connectivity index (χ1n) is 5.27. The van der Waals surface area contributed by atoms with Crippen LogP contribution < -0.4 is 0 Å². The van der Waals surface area contributed by atoms with E-state index < -0.39 is 0 Å². The fourth-order valence-electron chi connectivity index (χ4n) is 1.23. The van der Waals surface area contributed by atoms with Crippen molar-refractivity contribution in [3.05, 3.63) is 48.1 Å². The average Bonchev–Trinajstić information content (AvgIpc) is 2.14. The third-order valence-electron chi connectivity index (χ3n) is 2.12.